The molecule has 1 atom stereocenters. The summed E-state index contributed by atoms with van der Waals surface area (Å²) in [7, 11) is 0. The van der Waals surface area contributed by atoms with E-state index in [2.05, 4.69) is 25.6 Å². The average molecular weight is 568 g/mol. The van der Waals surface area contributed by atoms with E-state index in [9.17, 15) is 4.79 Å². The lowest BCUT2D eigenvalue weighted by Gasteiger charge is -2.16. The van der Waals surface area contributed by atoms with Crippen LogP contribution in [0.4, 0.5) is 0 Å². The smallest absolute Gasteiger partial charge is 0.350 e. The summed E-state index contributed by atoms with van der Waals surface area (Å²) in [6.45, 7) is 9.41. The monoisotopic (exact) mass is 567 g/mol. The van der Waals surface area contributed by atoms with Gasteiger partial charge in [0.15, 0.2) is 5.96 Å². The van der Waals surface area contributed by atoms with Gasteiger partial charge in [-0.05, 0) is 33.8 Å². The molecule has 0 bridgehead atoms. The van der Waals surface area contributed by atoms with Gasteiger partial charge in [0, 0.05) is 18.8 Å². The number of aliphatic imine (C=N–C) groups is 1. The molecular formula is C19H27ClIN5O3S. The van der Waals surface area contributed by atoms with Crippen LogP contribution in [0.5, 0.6) is 5.88 Å². The van der Waals surface area contributed by atoms with Crippen LogP contribution in [-0.4, -0.2) is 48.2 Å². The number of hydrogen-bond acceptors (Lipinski definition) is 7. The van der Waals surface area contributed by atoms with Crippen LogP contribution in [0.2, 0.25) is 5.02 Å². The first-order valence-corrected chi connectivity index (χ1v) is 10.6. The Labute approximate surface area is 202 Å². The topological polar surface area (TPSA) is 97.7 Å². The van der Waals surface area contributed by atoms with Crippen LogP contribution in [-0.2, 0) is 4.74 Å². The number of pyridine rings is 1. The van der Waals surface area contributed by atoms with Crippen molar-refractivity contribution >= 4 is 58.8 Å². The Morgan fingerprint density at radius 2 is 2.13 bits per heavy atom. The van der Waals surface area contributed by atoms with E-state index in [4.69, 9.17) is 21.1 Å². The number of thiazole rings is 1. The molecule has 0 saturated heterocycles. The molecule has 0 radical (unpaired) electrons. The van der Waals surface area contributed by atoms with Gasteiger partial charge in [0.25, 0.3) is 0 Å². The van der Waals surface area contributed by atoms with Crippen molar-refractivity contribution in [2.45, 2.75) is 33.7 Å². The molecule has 2 aromatic heterocycles. The minimum Gasteiger partial charge on any atom is -0.476 e. The van der Waals surface area contributed by atoms with Gasteiger partial charge < -0.3 is 20.1 Å². The summed E-state index contributed by atoms with van der Waals surface area (Å²) >= 11 is 7.13. The highest BCUT2D eigenvalue weighted by Crippen LogP contribution is 2.24. The van der Waals surface area contributed by atoms with Gasteiger partial charge in [-0.25, -0.2) is 19.8 Å². The third kappa shape index (κ3) is 8.23. The molecule has 2 aromatic rings. The first-order chi connectivity index (χ1) is 13.9. The molecule has 0 amide bonds. The summed E-state index contributed by atoms with van der Waals surface area (Å²) in [5, 5.41) is 7.84. The van der Waals surface area contributed by atoms with Crippen molar-refractivity contribution in [1.29, 1.82) is 0 Å². The first-order valence-electron chi connectivity index (χ1n) is 9.38. The van der Waals surface area contributed by atoms with Gasteiger partial charge in [-0.2, -0.15) is 0 Å². The van der Waals surface area contributed by atoms with E-state index in [0.29, 0.717) is 53.7 Å². The van der Waals surface area contributed by atoms with Crippen LogP contribution in [0.25, 0.3) is 0 Å². The third-order valence-electron chi connectivity index (χ3n) is 3.65. The lowest BCUT2D eigenvalue weighted by atomic mass is 10.3. The normalized spacial score (nSPS) is 12.0. The van der Waals surface area contributed by atoms with Crippen LogP contribution in [0.15, 0.2) is 23.3 Å². The van der Waals surface area contributed by atoms with E-state index >= 15 is 0 Å². The highest BCUT2D eigenvalue weighted by molar-refractivity contribution is 14.0. The molecule has 0 aliphatic rings. The Balaban J connectivity index is 0.00000450. The lowest BCUT2D eigenvalue weighted by Crippen LogP contribution is -2.39. The second kappa shape index (κ2) is 13.6. The quantitative estimate of drug-likeness (QED) is 0.155. The summed E-state index contributed by atoms with van der Waals surface area (Å²) in [4.78, 5) is 25.6. The van der Waals surface area contributed by atoms with Crippen molar-refractivity contribution in [3.63, 3.8) is 0 Å². The number of carbonyl (C=O) groups is 1. The number of aryl methyl sites for hydroxylation is 1. The molecule has 8 nitrogen and oxygen atoms in total. The number of ether oxygens (including phenoxy) is 2. The maximum Gasteiger partial charge on any atom is 0.350 e. The molecule has 0 fully saturated rings. The number of aromatic nitrogens is 2. The summed E-state index contributed by atoms with van der Waals surface area (Å²) in [6, 6.07) is 3.31. The molecule has 1 unspecified atom stereocenters. The van der Waals surface area contributed by atoms with Crippen molar-refractivity contribution in [2.75, 3.05) is 26.3 Å². The predicted octanol–water partition coefficient (Wildman–Crippen LogP) is 3.99. The number of halogens is 2. The van der Waals surface area contributed by atoms with E-state index in [1.54, 1.807) is 26.0 Å². The van der Waals surface area contributed by atoms with Crippen molar-refractivity contribution in [2.24, 2.45) is 4.99 Å². The van der Waals surface area contributed by atoms with Crippen molar-refractivity contribution < 1.29 is 14.3 Å². The Bertz CT molecular complexity index is 832. The number of rotatable bonds is 9. The van der Waals surface area contributed by atoms with Gasteiger partial charge >= 0.3 is 5.97 Å². The SMILES string of the molecule is CCNC(=NCCOc1ccc(Cl)cn1)NC(C)c1nc(C)c(C(=O)OCC)s1.I. The maximum absolute atomic E-state index is 12.0. The van der Waals surface area contributed by atoms with Gasteiger partial charge in [0.1, 0.15) is 16.5 Å². The van der Waals surface area contributed by atoms with Crippen LogP contribution in [0.3, 0.4) is 0 Å². The average Bonchev–Trinajstić information content (AvgIpc) is 3.09. The highest BCUT2D eigenvalue weighted by Gasteiger charge is 2.20. The third-order valence-corrected chi connectivity index (χ3v) is 5.20. The predicted molar refractivity (Wildman–Crippen MR) is 130 cm³/mol. The number of carbonyl (C=O) groups excluding carboxylic acids is 1. The largest absolute Gasteiger partial charge is 0.476 e. The molecule has 30 heavy (non-hydrogen) atoms. The van der Waals surface area contributed by atoms with Crippen LogP contribution in [0, 0.1) is 6.92 Å². The van der Waals surface area contributed by atoms with Crippen LogP contribution in [0.1, 0.15) is 47.2 Å². The summed E-state index contributed by atoms with van der Waals surface area (Å²) in [5.41, 5.74) is 0.669. The van der Waals surface area contributed by atoms with Crippen molar-refractivity contribution in [1.82, 2.24) is 20.6 Å². The molecule has 0 aromatic carbocycles. The Hall–Kier alpha value is -1.66. The Morgan fingerprint density at radius 3 is 2.77 bits per heavy atom. The molecule has 0 saturated carbocycles. The molecule has 0 aliphatic heterocycles. The standard InChI is InChI=1S/C19H26ClN5O3S.HI/c1-5-21-19(22-9-10-28-15-8-7-14(20)11-23-15)25-13(4)17-24-12(3)16(29-17)18(26)27-6-2;/h7-8,11,13H,5-6,9-10H2,1-4H3,(H2,21,22,25);1H. The zero-order valence-corrected chi connectivity index (χ0v) is 21.3. The van der Waals surface area contributed by atoms with E-state index in [1.807, 2.05) is 13.8 Å². The fourth-order valence-electron chi connectivity index (χ4n) is 2.33. The second-order valence-corrected chi connectivity index (χ2v) is 7.44. The van der Waals surface area contributed by atoms with Gasteiger partial charge in [-0.15, -0.1) is 35.3 Å². The first kappa shape index (κ1) is 26.4. The van der Waals surface area contributed by atoms with Gasteiger partial charge in [0.05, 0.1) is 29.9 Å². The zero-order chi connectivity index (χ0) is 21.2. The molecule has 2 heterocycles. The number of guanidine groups is 1. The lowest BCUT2D eigenvalue weighted by molar-refractivity contribution is 0.0531. The maximum atomic E-state index is 12.0. The summed E-state index contributed by atoms with van der Waals surface area (Å²) < 4.78 is 10.6. The van der Waals surface area contributed by atoms with Gasteiger partial charge in [-0.3, -0.25) is 0 Å². The highest BCUT2D eigenvalue weighted by atomic mass is 127. The summed E-state index contributed by atoms with van der Waals surface area (Å²) in [5.74, 6) is 0.799. The minimum absolute atomic E-state index is 0. The number of nitrogens with one attached hydrogen (secondary N) is 2. The molecule has 0 spiro atoms. The number of nitrogens with zero attached hydrogens (tertiary/aromatic N) is 3. The molecule has 2 N–H and O–H groups in total. The fraction of sp³-hybridized carbons (Fsp3) is 0.474. The summed E-state index contributed by atoms with van der Waals surface area (Å²) in [6.07, 6.45) is 1.54. The fourth-order valence-corrected chi connectivity index (χ4v) is 3.41. The Kier molecular flexibility index (Phi) is 12.0. The van der Waals surface area contributed by atoms with E-state index in [0.717, 1.165) is 5.01 Å². The molecule has 11 heteroatoms. The van der Waals surface area contributed by atoms with Gasteiger partial charge in [0.2, 0.25) is 5.88 Å². The zero-order valence-electron chi connectivity index (χ0n) is 17.4. The van der Waals surface area contributed by atoms with Crippen LogP contribution >= 0.6 is 46.9 Å². The van der Waals surface area contributed by atoms with E-state index in [-0.39, 0.29) is 36.0 Å². The molecule has 0 aliphatic carbocycles. The Morgan fingerprint density at radius 1 is 1.37 bits per heavy atom. The van der Waals surface area contributed by atoms with E-state index < -0.39 is 0 Å². The second-order valence-electron chi connectivity index (χ2n) is 5.98. The molecular weight excluding hydrogens is 541 g/mol. The molecule has 166 valence electrons. The number of hydrogen-bond donors (Lipinski definition) is 2. The van der Waals surface area contributed by atoms with E-state index in [1.165, 1.54) is 17.5 Å². The van der Waals surface area contributed by atoms with Gasteiger partial charge in [-0.1, -0.05) is 11.6 Å². The molecule has 2 rings (SSSR count). The van der Waals surface area contributed by atoms with Crippen molar-refractivity contribution in [3.8, 4) is 5.88 Å². The minimum atomic E-state index is -0.338. The van der Waals surface area contributed by atoms with Crippen molar-refractivity contribution in [3.05, 3.63) is 38.9 Å². The van der Waals surface area contributed by atoms with Crippen LogP contribution < -0.4 is 15.4 Å². The number of esters is 1.